The van der Waals surface area contributed by atoms with Crippen LogP contribution in [0.15, 0.2) is 24.3 Å². The van der Waals surface area contributed by atoms with Gasteiger partial charge in [0.05, 0.1) is 19.6 Å². The molecule has 0 aliphatic carbocycles. The predicted molar refractivity (Wildman–Crippen MR) is 79.3 cm³/mol. The van der Waals surface area contributed by atoms with Crippen molar-refractivity contribution in [3.63, 3.8) is 0 Å². The highest BCUT2D eigenvalue weighted by molar-refractivity contribution is 6.06. The van der Waals surface area contributed by atoms with Gasteiger partial charge in [0.1, 0.15) is 6.04 Å². The van der Waals surface area contributed by atoms with E-state index in [-0.39, 0.29) is 18.2 Å². The molecule has 1 aromatic carbocycles. The molecule has 0 aromatic heterocycles. The highest BCUT2D eigenvalue weighted by atomic mass is 16.5. The third-order valence-electron chi connectivity index (χ3n) is 3.97. The Morgan fingerprint density at radius 3 is 2.38 bits per heavy atom. The van der Waals surface area contributed by atoms with E-state index >= 15 is 0 Å². The lowest BCUT2D eigenvalue weighted by atomic mass is 10.2. The van der Waals surface area contributed by atoms with Crippen LogP contribution in [0.2, 0.25) is 0 Å². The summed E-state index contributed by atoms with van der Waals surface area (Å²) >= 11 is 0. The van der Waals surface area contributed by atoms with Gasteiger partial charge in [-0.1, -0.05) is 0 Å². The Balaban J connectivity index is 1.64. The third-order valence-corrected chi connectivity index (χ3v) is 3.97. The quantitative estimate of drug-likeness (QED) is 0.830. The summed E-state index contributed by atoms with van der Waals surface area (Å²) in [4.78, 5) is 26.8. The first-order valence-electron chi connectivity index (χ1n) is 7.15. The number of hydrogen-bond acceptors (Lipinski definition) is 5. The lowest BCUT2D eigenvalue weighted by Crippen LogP contribution is -2.36. The number of anilines is 2. The number of nitrogens with zero attached hydrogens (tertiary/aromatic N) is 2. The minimum atomic E-state index is -0.447. The largest absolute Gasteiger partial charge is 0.378 e. The van der Waals surface area contributed by atoms with E-state index in [1.165, 1.54) is 11.9 Å². The molecule has 2 heterocycles. The first kappa shape index (κ1) is 13.9. The van der Waals surface area contributed by atoms with E-state index in [4.69, 9.17) is 4.74 Å². The van der Waals surface area contributed by atoms with Gasteiger partial charge in [0.2, 0.25) is 5.91 Å². The summed E-state index contributed by atoms with van der Waals surface area (Å²) in [5.74, 6) is -0.306. The molecule has 3 rings (SSSR count). The fourth-order valence-electron chi connectivity index (χ4n) is 2.66. The van der Waals surface area contributed by atoms with Crippen molar-refractivity contribution in [2.45, 2.75) is 12.5 Å². The topological polar surface area (TPSA) is 61.9 Å². The van der Waals surface area contributed by atoms with Crippen LogP contribution in [-0.4, -0.2) is 56.1 Å². The molecule has 1 N–H and O–H groups in total. The zero-order valence-corrected chi connectivity index (χ0v) is 12.0. The van der Waals surface area contributed by atoms with Crippen molar-refractivity contribution in [3.05, 3.63) is 24.3 Å². The number of likely N-dealkylation sites (N-methyl/N-ethyl adjacent to an activating group) is 1. The minimum Gasteiger partial charge on any atom is -0.378 e. The van der Waals surface area contributed by atoms with Crippen molar-refractivity contribution >= 4 is 23.2 Å². The number of likely N-dealkylation sites (tertiary alicyclic amines) is 1. The maximum atomic E-state index is 11.9. The van der Waals surface area contributed by atoms with Crippen LogP contribution in [-0.2, 0) is 14.3 Å². The summed E-state index contributed by atoms with van der Waals surface area (Å²) < 4.78 is 5.34. The Morgan fingerprint density at radius 1 is 1.14 bits per heavy atom. The van der Waals surface area contributed by atoms with Gasteiger partial charge in [0.15, 0.2) is 0 Å². The van der Waals surface area contributed by atoms with Crippen molar-refractivity contribution in [3.8, 4) is 0 Å². The number of carbonyl (C=O) groups is 2. The van der Waals surface area contributed by atoms with E-state index in [9.17, 15) is 9.59 Å². The molecule has 1 atom stereocenters. The van der Waals surface area contributed by atoms with Crippen LogP contribution >= 0.6 is 0 Å². The van der Waals surface area contributed by atoms with E-state index in [1.54, 1.807) is 0 Å². The molecule has 112 valence electrons. The molecule has 2 amide bonds. The highest BCUT2D eigenvalue weighted by Gasteiger charge is 2.35. The lowest BCUT2D eigenvalue weighted by molar-refractivity contribution is -0.136. The normalized spacial score (nSPS) is 22.8. The molecular weight excluding hydrogens is 270 g/mol. The van der Waals surface area contributed by atoms with E-state index in [2.05, 4.69) is 10.2 Å². The second kappa shape index (κ2) is 5.73. The van der Waals surface area contributed by atoms with Crippen molar-refractivity contribution < 1.29 is 14.3 Å². The molecule has 1 unspecified atom stereocenters. The number of hydrogen-bond donors (Lipinski definition) is 1. The molecule has 2 fully saturated rings. The number of amides is 2. The van der Waals surface area contributed by atoms with E-state index in [0.717, 1.165) is 37.7 Å². The summed E-state index contributed by atoms with van der Waals surface area (Å²) in [5, 5.41) is 3.13. The summed E-state index contributed by atoms with van der Waals surface area (Å²) in [6.45, 7) is 3.30. The molecule has 21 heavy (non-hydrogen) atoms. The molecular formula is C15H19N3O3. The van der Waals surface area contributed by atoms with Gasteiger partial charge in [0.25, 0.3) is 5.91 Å². The van der Waals surface area contributed by atoms with Crippen LogP contribution in [0.3, 0.4) is 0 Å². The van der Waals surface area contributed by atoms with Crippen LogP contribution in [0.1, 0.15) is 6.42 Å². The Kier molecular flexibility index (Phi) is 3.79. The number of morpholine rings is 1. The van der Waals surface area contributed by atoms with Gasteiger partial charge in [-0.3, -0.25) is 14.5 Å². The maximum Gasteiger partial charge on any atom is 0.251 e. The van der Waals surface area contributed by atoms with Gasteiger partial charge >= 0.3 is 0 Å². The van der Waals surface area contributed by atoms with E-state index < -0.39 is 6.04 Å². The summed E-state index contributed by atoms with van der Waals surface area (Å²) in [6, 6.07) is 7.50. The zero-order chi connectivity index (χ0) is 14.8. The molecule has 6 nitrogen and oxygen atoms in total. The van der Waals surface area contributed by atoms with Crippen molar-refractivity contribution in [1.29, 1.82) is 0 Å². The molecule has 6 heteroatoms. The predicted octanol–water partition coefficient (Wildman–Crippen LogP) is 0.692. The summed E-state index contributed by atoms with van der Waals surface area (Å²) in [5.41, 5.74) is 2.00. The number of rotatable bonds is 3. The van der Waals surface area contributed by atoms with E-state index in [0.29, 0.717) is 0 Å². The highest BCUT2D eigenvalue weighted by Crippen LogP contribution is 2.21. The second-order valence-electron chi connectivity index (χ2n) is 5.34. The minimum absolute atomic E-state index is 0.137. The van der Waals surface area contributed by atoms with Gasteiger partial charge in [-0.15, -0.1) is 0 Å². The standard InChI is InChI=1S/C15H19N3O3/c1-17-14(19)10-13(15(17)20)16-11-2-4-12(5-3-11)18-6-8-21-9-7-18/h2-5,13,16H,6-10H2,1H3. The van der Waals surface area contributed by atoms with Crippen LogP contribution < -0.4 is 10.2 Å². The molecule has 2 aliphatic heterocycles. The van der Waals surface area contributed by atoms with Crippen LogP contribution in [0.4, 0.5) is 11.4 Å². The third kappa shape index (κ3) is 2.85. The number of carbonyl (C=O) groups excluding carboxylic acids is 2. The Labute approximate surface area is 123 Å². The van der Waals surface area contributed by atoms with Crippen molar-refractivity contribution in [2.24, 2.45) is 0 Å². The van der Waals surface area contributed by atoms with E-state index in [1.807, 2.05) is 24.3 Å². The molecule has 2 saturated heterocycles. The Bertz CT molecular complexity index is 538. The average molecular weight is 289 g/mol. The number of benzene rings is 1. The van der Waals surface area contributed by atoms with Gasteiger partial charge in [0, 0.05) is 31.5 Å². The second-order valence-corrected chi connectivity index (χ2v) is 5.34. The molecule has 2 aliphatic rings. The number of ether oxygens (including phenoxy) is 1. The fourth-order valence-corrected chi connectivity index (χ4v) is 2.66. The van der Waals surface area contributed by atoms with Gasteiger partial charge in [-0.05, 0) is 24.3 Å². The zero-order valence-electron chi connectivity index (χ0n) is 12.0. The smallest absolute Gasteiger partial charge is 0.251 e. The first-order valence-corrected chi connectivity index (χ1v) is 7.15. The number of nitrogens with one attached hydrogen (secondary N) is 1. The summed E-state index contributed by atoms with van der Waals surface area (Å²) in [7, 11) is 1.52. The Morgan fingerprint density at radius 2 is 1.81 bits per heavy atom. The molecule has 1 aromatic rings. The fraction of sp³-hybridized carbons (Fsp3) is 0.467. The molecule has 0 spiro atoms. The monoisotopic (exact) mass is 289 g/mol. The lowest BCUT2D eigenvalue weighted by Gasteiger charge is -2.29. The van der Waals surface area contributed by atoms with Crippen molar-refractivity contribution in [1.82, 2.24) is 4.90 Å². The maximum absolute atomic E-state index is 11.9. The van der Waals surface area contributed by atoms with Gasteiger partial charge < -0.3 is 15.0 Å². The SMILES string of the molecule is CN1C(=O)CC(Nc2ccc(N3CCOCC3)cc2)C1=O. The van der Waals surface area contributed by atoms with Crippen molar-refractivity contribution in [2.75, 3.05) is 43.6 Å². The molecule has 0 radical (unpaired) electrons. The number of imide groups is 1. The van der Waals surface area contributed by atoms with Gasteiger partial charge in [-0.2, -0.15) is 0 Å². The average Bonchev–Trinajstić information content (AvgIpc) is 2.76. The van der Waals surface area contributed by atoms with Crippen LogP contribution in [0, 0.1) is 0 Å². The molecule has 0 bridgehead atoms. The Hall–Kier alpha value is -2.08. The summed E-state index contributed by atoms with van der Waals surface area (Å²) in [6.07, 6.45) is 0.223. The first-order chi connectivity index (χ1) is 10.1. The molecule has 0 saturated carbocycles. The van der Waals surface area contributed by atoms with Crippen LogP contribution in [0.5, 0.6) is 0 Å². The van der Waals surface area contributed by atoms with Crippen LogP contribution in [0.25, 0.3) is 0 Å². The van der Waals surface area contributed by atoms with Gasteiger partial charge in [-0.25, -0.2) is 0 Å².